The summed E-state index contributed by atoms with van der Waals surface area (Å²) in [6.07, 6.45) is 4.80. The normalized spacial score (nSPS) is 20.5. The topological polar surface area (TPSA) is 46.1 Å². The Labute approximate surface area is 175 Å². The van der Waals surface area contributed by atoms with E-state index in [0.29, 0.717) is 6.04 Å². The van der Waals surface area contributed by atoms with E-state index in [-0.39, 0.29) is 0 Å². The predicted molar refractivity (Wildman–Crippen MR) is 122 cm³/mol. The fourth-order valence-corrected chi connectivity index (χ4v) is 4.86. The maximum Gasteiger partial charge on any atom is 0.191 e. The lowest BCUT2D eigenvalue weighted by atomic mass is 10.1. The number of likely N-dealkylation sites (N-methyl/N-ethyl adjacent to an activating group) is 1. The minimum Gasteiger partial charge on any atom is -0.363 e. The number of rotatable bonds is 8. The van der Waals surface area contributed by atoms with E-state index in [1.54, 1.807) is 0 Å². The SMILES string of the molecule is CCN1CCN(CCCCNC(=NC)NC2CCN(c3cccs3)CC2)CC1. The van der Waals surface area contributed by atoms with Gasteiger partial charge in [0.05, 0.1) is 5.00 Å². The van der Waals surface area contributed by atoms with Crippen LogP contribution in [0.15, 0.2) is 22.5 Å². The van der Waals surface area contributed by atoms with Crippen LogP contribution in [0.4, 0.5) is 5.00 Å². The third-order valence-electron chi connectivity index (χ3n) is 5.98. The molecule has 3 rings (SSSR count). The van der Waals surface area contributed by atoms with Crippen LogP contribution in [0, 0.1) is 0 Å². The highest BCUT2D eigenvalue weighted by atomic mass is 32.1. The van der Waals surface area contributed by atoms with Crippen LogP contribution in [0.1, 0.15) is 32.6 Å². The second-order valence-corrected chi connectivity index (χ2v) is 8.77. The summed E-state index contributed by atoms with van der Waals surface area (Å²) >= 11 is 1.84. The zero-order valence-corrected chi connectivity index (χ0v) is 18.5. The molecule has 0 unspecified atom stereocenters. The number of nitrogens with zero attached hydrogens (tertiary/aromatic N) is 4. The van der Waals surface area contributed by atoms with Gasteiger partial charge in [-0.25, -0.2) is 0 Å². The summed E-state index contributed by atoms with van der Waals surface area (Å²) in [7, 11) is 1.88. The smallest absolute Gasteiger partial charge is 0.191 e. The van der Waals surface area contributed by atoms with Crippen molar-refractivity contribution in [3.8, 4) is 0 Å². The summed E-state index contributed by atoms with van der Waals surface area (Å²) < 4.78 is 0. The summed E-state index contributed by atoms with van der Waals surface area (Å²) in [5.74, 6) is 0.964. The second kappa shape index (κ2) is 11.6. The number of aliphatic imine (C=N–C) groups is 1. The van der Waals surface area contributed by atoms with Crippen molar-refractivity contribution in [1.29, 1.82) is 0 Å². The van der Waals surface area contributed by atoms with Crippen molar-refractivity contribution >= 4 is 22.3 Å². The molecule has 0 radical (unpaired) electrons. The van der Waals surface area contributed by atoms with E-state index in [0.717, 1.165) is 25.6 Å². The summed E-state index contributed by atoms with van der Waals surface area (Å²) in [5.41, 5.74) is 0. The Hall–Kier alpha value is -1.31. The summed E-state index contributed by atoms with van der Waals surface area (Å²) in [6.45, 7) is 12.9. The maximum absolute atomic E-state index is 4.42. The molecule has 0 atom stereocenters. The van der Waals surface area contributed by atoms with Gasteiger partial charge in [0.1, 0.15) is 0 Å². The maximum atomic E-state index is 4.42. The van der Waals surface area contributed by atoms with Crippen molar-refractivity contribution in [3.63, 3.8) is 0 Å². The molecule has 0 aromatic carbocycles. The Kier molecular flexibility index (Phi) is 8.89. The van der Waals surface area contributed by atoms with Crippen molar-refractivity contribution < 1.29 is 0 Å². The first kappa shape index (κ1) is 21.4. The third kappa shape index (κ3) is 6.64. The molecule has 2 N–H and O–H groups in total. The average Bonchev–Trinajstić information content (AvgIpc) is 3.28. The number of piperidine rings is 1. The van der Waals surface area contributed by atoms with E-state index in [1.807, 2.05) is 18.4 Å². The number of thiophene rings is 1. The lowest BCUT2D eigenvalue weighted by Crippen LogP contribution is -2.49. The Morgan fingerprint density at radius 1 is 1.11 bits per heavy atom. The molecule has 2 saturated heterocycles. The molecule has 0 amide bonds. The first-order chi connectivity index (χ1) is 13.8. The molecule has 158 valence electrons. The van der Waals surface area contributed by atoms with Crippen LogP contribution in [0.25, 0.3) is 0 Å². The van der Waals surface area contributed by atoms with Crippen molar-refractivity contribution in [1.82, 2.24) is 20.4 Å². The van der Waals surface area contributed by atoms with Gasteiger partial charge in [-0.05, 0) is 56.3 Å². The van der Waals surface area contributed by atoms with E-state index >= 15 is 0 Å². The van der Waals surface area contributed by atoms with Crippen LogP contribution in [0.5, 0.6) is 0 Å². The minimum absolute atomic E-state index is 0.525. The van der Waals surface area contributed by atoms with Gasteiger partial charge in [0.15, 0.2) is 5.96 Å². The molecule has 0 saturated carbocycles. The van der Waals surface area contributed by atoms with Crippen LogP contribution >= 0.6 is 11.3 Å². The fourth-order valence-electron chi connectivity index (χ4n) is 4.08. The number of unbranched alkanes of at least 4 members (excludes halogenated alkanes) is 1. The molecule has 1 aromatic rings. The second-order valence-electron chi connectivity index (χ2n) is 7.84. The molecule has 28 heavy (non-hydrogen) atoms. The van der Waals surface area contributed by atoms with E-state index in [4.69, 9.17) is 0 Å². The lowest BCUT2D eigenvalue weighted by molar-refractivity contribution is 0.136. The quantitative estimate of drug-likeness (QED) is 0.394. The molecular weight excluding hydrogens is 368 g/mol. The molecule has 2 aliphatic heterocycles. The number of piperazine rings is 1. The Balaban J connectivity index is 1.25. The van der Waals surface area contributed by atoms with Gasteiger partial charge in [0.2, 0.25) is 0 Å². The van der Waals surface area contributed by atoms with Gasteiger partial charge in [0.25, 0.3) is 0 Å². The van der Waals surface area contributed by atoms with Gasteiger partial charge in [-0.1, -0.05) is 6.92 Å². The van der Waals surface area contributed by atoms with Crippen LogP contribution in [0.2, 0.25) is 0 Å². The van der Waals surface area contributed by atoms with Gasteiger partial charge >= 0.3 is 0 Å². The first-order valence-corrected chi connectivity index (χ1v) is 11.9. The van der Waals surface area contributed by atoms with Crippen molar-refractivity contribution in [2.75, 3.05) is 70.9 Å². The summed E-state index contributed by atoms with van der Waals surface area (Å²) in [4.78, 5) is 12.1. The number of hydrogen-bond donors (Lipinski definition) is 2. The van der Waals surface area contributed by atoms with Crippen LogP contribution in [-0.2, 0) is 0 Å². The Morgan fingerprint density at radius 3 is 2.50 bits per heavy atom. The molecule has 0 spiro atoms. The monoisotopic (exact) mass is 406 g/mol. The van der Waals surface area contributed by atoms with E-state index in [2.05, 4.69) is 54.8 Å². The Bertz CT molecular complexity index is 559. The molecule has 3 heterocycles. The van der Waals surface area contributed by atoms with E-state index in [1.165, 1.54) is 70.0 Å². The van der Waals surface area contributed by atoms with Gasteiger partial charge in [0, 0.05) is 58.9 Å². The van der Waals surface area contributed by atoms with E-state index in [9.17, 15) is 0 Å². The van der Waals surface area contributed by atoms with Crippen LogP contribution < -0.4 is 15.5 Å². The number of hydrogen-bond acceptors (Lipinski definition) is 5. The molecule has 2 fully saturated rings. The summed E-state index contributed by atoms with van der Waals surface area (Å²) in [5, 5.41) is 10.7. The standard InChI is InChI=1S/C21H38N6S/c1-3-25-14-16-26(17-15-25)11-5-4-10-23-21(22-2)24-19-8-12-27(13-9-19)20-7-6-18-28-20/h6-7,18-19H,3-5,8-17H2,1-2H3,(H2,22,23,24). The van der Waals surface area contributed by atoms with Gasteiger partial charge < -0.3 is 25.3 Å². The molecule has 2 aliphatic rings. The van der Waals surface area contributed by atoms with Crippen molar-refractivity contribution in [3.05, 3.63) is 17.5 Å². The van der Waals surface area contributed by atoms with E-state index < -0.39 is 0 Å². The lowest BCUT2D eigenvalue weighted by Gasteiger charge is -2.34. The van der Waals surface area contributed by atoms with Gasteiger partial charge in [-0.3, -0.25) is 4.99 Å². The predicted octanol–water partition coefficient (Wildman–Crippen LogP) is 2.30. The molecular formula is C21H38N6S. The highest BCUT2D eigenvalue weighted by Crippen LogP contribution is 2.24. The van der Waals surface area contributed by atoms with Crippen LogP contribution in [-0.4, -0.2) is 87.8 Å². The third-order valence-corrected chi connectivity index (χ3v) is 6.91. The molecule has 0 aliphatic carbocycles. The Morgan fingerprint density at radius 2 is 1.86 bits per heavy atom. The largest absolute Gasteiger partial charge is 0.363 e. The molecule has 7 heteroatoms. The highest BCUT2D eigenvalue weighted by molar-refractivity contribution is 7.14. The zero-order valence-electron chi connectivity index (χ0n) is 17.7. The van der Waals surface area contributed by atoms with Crippen molar-refractivity contribution in [2.45, 2.75) is 38.6 Å². The van der Waals surface area contributed by atoms with Crippen LogP contribution in [0.3, 0.4) is 0 Å². The zero-order chi connectivity index (χ0) is 19.6. The van der Waals surface area contributed by atoms with Crippen molar-refractivity contribution in [2.24, 2.45) is 4.99 Å². The highest BCUT2D eigenvalue weighted by Gasteiger charge is 2.20. The summed E-state index contributed by atoms with van der Waals surface area (Å²) in [6, 6.07) is 4.89. The molecule has 1 aromatic heterocycles. The van der Waals surface area contributed by atoms with Gasteiger partial charge in [-0.2, -0.15) is 0 Å². The molecule has 0 bridgehead atoms. The number of nitrogens with one attached hydrogen (secondary N) is 2. The first-order valence-electron chi connectivity index (χ1n) is 11.0. The fraction of sp³-hybridized carbons (Fsp3) is 0.762. The minimum atomic E-state index is 0.525. The number of guanidine groups is 1. The average molecular weight is 407 g/mol. The number of anilines is 1. The molecule has 6 nitrogen and oxygen atoms in total. The van der Waals surface area contributed by atoms with Gasteiger partial charge in [-0.15, -0.1) is 11.3 Å².